The number of amides is 1. The molecule has 9 heteroatoms. The Morgan fingerprint density at radius 2 is 1.91 bits per heavy atom. The second kappa shape index (κ2) is 11.8. The van der Waals surface area contributed by atoms with Crippen LogP contribution in [0.4, 0.5) is 0 Å². The molecule has 1 amide bonds. The van der Waals surface area contributed by atoms with Crippen LogP contribution in [0.25, 0.3) is 0 Å². The normalized spacial score (nSPS) is 20.1. The highest BCUT2D eigenvalue weighted by Crippen LogP contribution is 2.18. The summed E-state index contributed by atoms with van der Waals surface area (Å²) in [6, 6.07) is 8.71. The number of aliphatic imine (C=N–C) groups is 1. The molecule has 3 aliphatic heterocycles. The summed E-state index contributed by atoms with van der Waals surface area (Å²) < 4.78 is 0. The molecule has 0 unspecified atom stereocenters. The number of β-amino-alcohol motifs (C(OH)–C–C–N with tert-alkyl or cyclic N) is 1. The number of Topliss-reactive ketones (excluding diaryl/α,β-unsaturated/α-hetero) is 1. The molecule has 0 bridgehead atoms. The smallest absolute Gasteiger partial charge is 0.219 e. The van der Waals surface area contributed by atoms with E-state index in [1.54, 1.807) is 6.92 Å². The first-order valence-electron chi connectivity index (χ1n) is 12.6. The molecule has 9 nitrogen and oxygen atoms in total. The van der Waals surface area contributed by atoms with Crippen molar-refractivity contribution in [1.29, 1.82) is 0 Å². The number of hydrogen-bond donors (Lipinski definition) is 3. The molecule has 1 fully saturated rings. The van der Waals surface area contributed by atoms with E-state index in [4.69, 9.17) is 0 Å². The largest absolute Gasteiger partial charge is 0.390 e. The number of aliphatic hydroxyl groups is 1. The summed E-state index contributed by atoms with van der Waals surface area (Å²) in [6.07, 6.45) is 4.02. The zero-order valence-electron chi connectivity index (χ0n) is 20.9. The fourth-order valence-corrected chi connectivity index (χ4v) is 4.99. The number of amidine groups is 1. The number of hydrogen-bond acceptors (Lipinski definition) is 8. The SMILES string of the molecule is CC(=O)N1CCC(NC2=NCN(C)C(C(=O)CNC[C@H](O)CN3CCc4ccccc4C3)=C2)CC1. The highest BCUT2D eigenvalue weighted by molar-refractivity contribution is 6.05. The fraction of sp³-hybridized carbons (Fsp3) is 0.577. The minimum Gasteiger partial charge on any atom is -0.390 e. The molecular formula is C26H38N6O3. The van der Waals surface area contributed by atoms with Gasteiger partial charge in [0.15, 0.2) is 5.78 Å². The lowest BCUT2D eigenvalue weighted by Gasteiger charge is -2.33. The van der Waals surface area contributed by atoms with Gasteiger partial charge in [-0.2, -0.15) is 0 Å². The molecule has 0 aliphatic carbocycles. The van der Waals surface area contributed by atoms with E-state index in [1.165, 1.54) is 11.1 Å². The summed E-state index contributed by atoms with van der Waals surface area (Å²) in [5.41, 5.74) is 3.33. The Kier molecular flexibility index (Phi) is 8.54. The molecule has 3 N–H and O–H groups in total. The molecule has 0 radical (unpaired) electrons. The molecule has 0 aromatic heterocycles. The van der Waals surface area contributed by atoms with Crippen LogP contribution in [0.5, 0.6) is 0 Å². The Bertz CT molecular complexity index is 970. The molecule has 1 aromatic carbocycles. The first-order valence-corrected chi connectivity index (χ1v) is 12.6. The van der Waals surface area contributed by atoms with Crippen molar-refractivity contribution < 1.29 is 14.7 Å². The van der Waals surface area contributed by atoms with Gasteiger partial charge in [-0.05, 0) is 30.4 Å². The summed E-state index contributed by atoms with van der Waals surface area (Å²) in [4.78, 5) is 34.9. The lowest BCUT2D eigenvalue weighted by atomic mass is 10.00. The second-order valence-electron chi connectivity index (χ2n) is 9.80. The van der Waals surface area contributed by atoms with Gasteiger partial charge in [-0.25, -0.2) is 4.99 Å². The average Bonchev–Trinajstić information content (AvgIpc) is 2.85. The molecule has 0 saturated carbocycles. The second-order valence-corrected chi connectivity index (χ2v) is 9.80. The minimum absolute atomic E-state index is 0.0211. The van der Waals surface area contributed by atoms with Crippen LogP contribution in [0.3, 0.4) is 0 Å². The van der Waals surface area contributed by atoms with E-state index in [9.17, 15) is 14.7 Å². The maximum Gasteiger partial charge on any atom is 0.219 e. The van der Waals surface area contributed by atoms with Crippen molar-refractivity contribution >= 4 is 17.5 Å². The maximum absolute atomic E-state index is 12.9. The zero-order valence-corrected chi connectivity index (χ0v) is 20.9. The predicted octanol–water partition coefficient (Wildman–Crippen LogP) is 0.350. The maximum atomic E-state index is 12.9. The van der Waals surface area contributed by atoms with Crippen LogP contribution in [0.15, 0.2) is 41.0 Å². The van der Waals surface area contributed by atoms with Gasteiger partial charge in [0.05, 0.1) is 18.3 Å². The molecule has 35 heavy (non-hydrogen) atoms. The van der Waals surface area contributed by atoms with Gasteiger partial charge in [0.2, 0.25) is 5.91 Å². The Morgan fingerprint density at radius 1 is 1.17 bits per heavy atom. The van der Waals surface area contributed by atoms with Crippen LogP contribution in [0.1, 0.15) is 30.9 Å². The van der Waals surface area contributed by atoms with Crippen LogP contribution in [0, 0.1) is 0 Å². The number of carbonyl (C=O) groups excluding carboxylic acids is 2. The van der Waals surface area contributed by atoms with E-state index in [2.05, 4.69) is 44.8 Å². The third-order valence-electron chi connectivity index (χ3n) is 7.06. The number of ketones is 1. The van der Waals surface area contributed by atoms with Crippen molar-refractivity contribution in [3.05, 3.63) is 47.2 Å². The minimum atomic E-state index is -0.536. The van der Waals surface area contributed by atoms with Crippen molar-refractivity contribution in [2.45, 2.75) is 44.9 Å². The van der Waals surface area contributed by atoms with E-state index in [1.807, 2.05) is 22.9 Å². The number of rotatable bonds is 8. The van der Waals surface area contributed by atoms with Crippen molar-refractivity contribution in [3.63, 3.8) is 0 Å². The van der Waals surface area contributed by atoms with Gasteiger partial charge in [0.25, 0.3) is 0 Å². The summed E-state index contributed by atoms with van der Waals surface area (Å²) in [5, 5.41) is 17.1. The monoisotopic (exact) mass is 482 g/mol. The van der Waals surface area contributed by atoms with Crippen molar-refractivity contribution in [1.82, 2.24) is 25.3 Å². The van der Waals surface area contributed by atoms with E-state index >= 15 is 0 Å². The highest BCUT2D eigenvalue weighted by atomic mass is 16.3. The van der Waals surface area contributed by atoms with Gasteiger partial charge in [0.1, 0.15) is 12.5 Å². The molecular weight excluding hydrogens is 444 g/mol. The Labute approximate surface area is 207 Å². The van der Waals surface area contributed by atoms with Crippen molar-refractivity contribution in [2.24, 2.45) is 4.99 Å². The third-order valence-corrected chi connectivity index (χ3v) is 7.06. The Morgan fingerprint density at radius 3 is 2.66 bits per heavy atom. The van der Waals surface area contributed by atoms with Gasteiger partial charge in [-0.1, -0.05) is 24.3 Å². The molecule has 0 spiro atoms. The zero-order chi connectivity index (χ0) is 24.8. The number of likely N-dealkylation sites (tertiary alicyclic amines) is 1. The number of carbonyl (C=O) groups is 2. The average molecular weight is 483 g/mol. The molecule has 3 heterocycles. The number of piperidine rings is 1. The molecule has 4 rings (SSSR count). The van der Waals surface area contributed by atoms with Crippen LogP contribution in [-0.4, -0.2) is 102 Å². The topological polar surface area (TPSA) is 101 Å². The number of likely N-dealkylation sites (N-methyl/N-ethyl adjacent to an activating group) is 1. The van der Waals surface area contributed by atoms with E-state index in [0.717, 1.165) is 51.3 Å². The van der Waals surface area contributed by atoms with Gasteiger partial charge < -0.3 is 25.5 Å². The third kappa shape index (κ3) is 6.90. The van der Waals surface area contributed by atoms with Crippen molar-refractivity contribution in [3.8, 4) is 0 Å². The lowest BCUT2D eigenvalue weighted by molar-refractivity contribution is -0.129. The number of fused-ring (bicyclic) bond motifs is 1. The Hall–Kier alpha value is -2.75. The van der Waals surface area contributed by atoms with Crippen LogP contribution < -0.4 is 10.6 Å². The lowest BCUT2D eigenvalue weighted by Crippen LogP contribution is -2.47. The number of nitrogens with zero attached hydrogens (tertiary/aromatic N) is 4. The van der Waals surface area contributed by atoms with Gasteiger partial charge in [-0.15, -0.1) is 0 Å². The van der Waals surface area contributed by atoms with Gasteiger partial charge >= 0.3 is 0 Å². The number of aliphatic hydroxyl groups excluding tert-OH is 1. The summed E-state index contributed by atoms with van der Waals surface area (Å²) in [6.45, 7) is 6.43. The van der Waals surface area contributed by atoms with Gasteiger partial charge in [-0.3, -0.25) is 14.5 Å². The quantitative estimate of drug-likeness (QED) is 0.492. The first kappa shape index (κ1) is 25.3. The Balaban J connectivity index is 1.20. The van der Waals surface area contributed by atoms with Gasteiger partial charge in [0, 0.05) is 65.4 Å². The predicted molar refractivity (Wildman–Crippen MR) is 136 cm³/mol. The number of benzene rings is 1. The molecule has 1 aromatic rings. The van der Waals surface area contributed by atoms with Crippen LogP contribution >= 0.6 is 0 Å². The first-order chi connectivity index (χ1) is 16.9. The summed E-state index contributed by atoms with van der Waals surface area (Å²) in [5.74, 6) is 0.817. The van der Waals surface area contributed by atoms with E-state index < -0.39 is 6.10 Å². The standard InChI is InChI=1S/C26H38N6O3/c1-19(33)32-11-8-22(9-12-32)29-26-13-24(30(2)18-28-26)25(35)15-27-14-23(34)17-31-10-7-20-5-3-4-6-21(20)16-31/h3-6,13,22-23,27,34H,7-12,14-18H2,1-2H3,(H,28,29)/t23-/m0/s1. The molecule has 1 atom stereocenters. The summed E-state index contributed by atoms with van der Waals surface area (Å²) in [7, 11) is 1.86. The van der Waals surface area contributed by atoms with Crippen LogP contribution in [0.2, 0.25) is 0 Å². The van der Waals surface area contributed by atoms with Crippen molar-refractivity contribution in [2.75, 3.05) is 53.0 Å². The number of nitrogens with one attached hydrogen (secondary N) is 2. The summed E-state index contributed by atoms with van der Waals surface area (Å²) >= 11 is 0. The van der Waals surface area contributed by atoms with E-state index in [0.29, 0.717) is 25.5 Å². The fourth-order valence-electron chi connectivity index (χ4n) is 4.99. The highest BCUT2D eigenvalue weighted by Gasteiger charge is 2.24. The molecule has 190 valence electrons. The van der Waals surface area contributed by atoms with E-state index in [-0.39, 0.29) is 24.3 Å². The van der Waals surface area contributed by atoms with Crippen LogP contribution in [-0.2, 0) is 22.6 Å². The molecule has 3 aliphatic rings. The molecule has 1 saturated heterocycles.